The Hall–Kier alpha value is -2.41. The summed E-state index contributed by atoms with van der Waals surface area (Å²) in [5, 5.41) is 7.11. The van der Waals surface area contributed by atoms with E-state index in [4.69, 9.17) is 9.26 Å². The molecule has 7 heteroatoms. The third-order valence-corrected chi connectivity index (χ3v) is 6.34. The van der Waals surface area contributed by atoms with E-state index in [1.807, 2.05) is 25.1 Å². The first kappa shape index (κ1) is 20.8. The number of hydrogen-bond donors (Lipinski definition) is 1. The van der Waals surface area contributed by atoms with Crippen molar-refractivity contribution in [1.82, 2.24) is 15.0 Å². The number of rotatable bonds is 7. The number of nitrogens with one attached hydrogen (secondary N) is 1. The van der Waals surface area contributed by atoms with Crippen molar-refractivity contribution in [3.8, 4) is 0 Å². The fraction of sp³-hybridized carbons (Fsp3) is 0.609. The molecule has 162 valence electrons. The van der Waals surface area contributed by atoms with Crippen molar-refractivity contribution in [1.29, 1.82) is 0 Å². The van der Waals surface area contributed by atoms with Gasteiger partial charge in [-0.05, 0) is 68.7 Å². The van der Waals surface area contributed by atoms with Crippen molar-refractivity contribution >= 4 is 11.7 Å². The minimum atomic E-state index is -0.169. The van der Waals surface area contributed by atoms with Crippen LogP contribution in [0.1, 0.15) is 67.4 Å². The number of hydrogen-bond acceptors (Lipinski definition) is 5. The third kappa shape index (κ3) is 5.01. The number of amides is 2. The first-order valence-corrected chi connectivity index (χ1v) is 11.2. The van der Waals surface area contributed by atoms with Crippen LogP contribution in [0.25, 0.3) is 0 Å². The predicted molar refractivity (Wildman–Crippen MR) is 114 cm³/mol. The maximum absolute atomic E-state index is 12.8. The quantitative estimate of drug-likeness (QED) is 0.661. The molecule has 1 aliphatic heterocycles. The Morgan fingerprint density at radius 3 is 2.83 bits per heavy atom. The fourth-order valence-electron chi connectivity index (χ4n) is 4.38. The summed E-state index contributed by atoms with van der Waals surface area (Å²) in [5.41, 5.74) is 3.17. The zero-order valence-electron chi connectivity index (χ0n) is 18.0. The Kier molecular flexibility index (Phi) is 6.67. The molecule has 1 N–H and O–H groups in total. The van der Waals surface area contributed by atoms with Gasteiger partial charge in [0, 0.05) is 25.3 Å². The highest BCUT2D eigenvalue weighted by Gasteiger charge is 2.34. The smallest absolute Gasteiger partial charge is 0.322 e. The lowest BCUT2D eigenvalue weighted by Crippen LogP contribution is -2.34. The summed E-state index contributed by atoms with van der Waals surface area (Å²) in [6.45, 7) is 6.23. The molecule has 4 rings (SSSR count). The summed E-state index contributed by atoms with van der Waals surface area (Å²) in [4.78, 5) is 19.2. The number of benzene rings is 1. The Bertz CT molecular complexity index is 860. The monoisotopic (exact) mass is 412 g/mol. The molecule has 1 aromatic carbocycles. The number of aromatic nitrogens is 2. The first-order valence-electron chi connectivity index (χ1n) is 11.2. The van der Waals surface area contributed by atoms with Gasteiger partial charge in [-0.3, -0.25) is 0 Å². The van der Waals surface area contributed by atoms with E-state index in [9.17, 15) is 4.79 Å². The van der Waals surface area contributed by atoms with Gasteiger partial charge >= 0.3 is 6.03 Å². The molecular weight excluding hydrogens is 380 g/mol. The van der Waals surface area contributed by atoms with Crippen LogP contribution in [0.4, 0.5) is 10.5 Å². The number of ether oxygens (including phenoxy) is 1. The van der Waals surface area contributed by atoms with Crippen LogP contribution in [0.15, 0.2) is 22.7 Å². The molecule has 1 aliphatic carbocycles. The minimum absolute atomic E-state index is 0.125. The van der Waals surface area contributed by atoms with E-state index >= 15 is 0 Å². The number of likely N-dealkylation sites (tertiary alicyclic amines) is 1. The molecular formula is C23H32N4O3. The Morgan fingerprint density at radius 2 is 2.03 bits per heavy atom. The summed E-state index contributed by atoms with van der Waals surface area (Å²) in [6, 6.07) is 5.65. The average molecular weight is 413 g/mol. The lowest BCUT2D eigenvalue weighted by atomic mass is 10.1. The standard InChI is InChI=1S/C23H32N4O3/c1-16-9-10-19(14-17(16)2)24-23(28)27-12-5-8-20(27)22-25-21(26-30-22)11-13-29-15-18-6-3-4-7-18/h9-10,14,18,20H,3-8,11-13,15H2,1-2H3,(H,24,28). The van der Waals surface area contributed by atoms with E-state index in [0.717, 1.165) is 30.7 Å². The normalized spacial score (nSPS) is 19.5. The van der Waals surface area contributed by atoms with Crippen molar-refractivity contribution in [2.24, 2.45) is 5.92 Å². The molecule has 1 atom stereocenters. The Labute approximate surface area is 178 Å². The Morgan fingerprint density at radius 1 is 1.20 bits per heavy atom. The molecule has 1 saturated heterocycles. The molecule has 0 bridgehead atoms. The van der Waals surface area contributed by atoms with Crippen LogP contribution < -0.4 is 5.32 Å². The Balaban J connectivity index is 1.30. The molecule has 1 unspecified atom stereocenters. The van der Waals surface area contributed by atoms with Crippen LogP contribution in [-0.4, -0.2) is 40.8 Å². The predicted octanol–water partition coefficient (Wildman–Crippen LogP) is 4.80. The molecule has 2 amide bonds. The molecule has 0 spiro atoms. The van der Waals surface area contributed by atoms with Crippen LogP contribution in [0.5, 0.6) is 0 Å². The number of aryl methyl sites for hydroxylation is 2. The van der Waals surface area contributed by atoms with Crippen molar-refractivity contribution in [2.75, 3.05) is 25.1 Å². The van der Waals surface area contributed by atoms with E-state index in [1.165, 1.54) is 31.2 Å². The second-order valence-electron chi connectivity index (χ2n) is 8.60. The molecule has 2 aromatic rings. The SMILES string of the molecule is Cc1ccc(NC(=O)N2CCCC2c2nc(CCOCC3CCCC3)no2)cc1C. The molecule has 7 nitrogen and oxygen atoms in total. The van der Waals surface area contributed by atoms with E-state index in [0.29, 0.717) is 37.2 Å². The van der Waals surface area contributed by atoms with Crippen LogP contribution in [0, 0.1) is 19.8 Å². The summed E-state index contributed by atoms with van der Waals surface area (Å²) in [6.07, 6.45) is 7.63. The van der Waals surface area contributed by atoms with E-state index in [2.05, 4.69) is 22.4 Å². The molecule has 2 fully saturated rings. The summed E-state index contributed by atoms with van der Waals surface area (Å²) in [5.74, 6) is 1.89. The summed E-state index contributed by atoms with van der Waals surface area (Å²) < 4.78 is 11.3. The third-order valence-electron chi connectivity index (χ3n) is 6.34. The second-order valence-corrected chi connectivity index (χ2v) is 8.60. The molecule has 1 saturated carbocycles. The molecule has 0 radical (unpaired) electrons. The highest BCUT2D eigenvalue weighted by Crippen LogP contribution is 2.31. The van der Waals surface area contributed by atoms with Gasteiger partial charge in [-0.1, -0.05) is 24.1 Å². The number of anilines is 1. The first-order chi connectivity index (χ1) is 14.6. The van der Waals surface area contributed by atoms with Gasteiger partial charge in [0.25, 0.3) is 0 Å². The van der Waals surface area contributed by atoms with E-state index in [-0.39, 0.29) is 12.1 Å². The van der Waals surface area contributed by atoms with Crippen LogP contribution in [-0.2, 0) is 11.2 Å². The van der Waals surface area contributed by atoms with Gasteiger partial charge in [0.15, 0.2) is 5.82 Å². The largest absolute Gasteiger partial charge is 0.381 e. The lowest BCUT2D eigenvalue weighted by molar-refractivity contribution is 0.102. The number of urea groups is 1. The lowest BCUT2D eigenvalue weighted by Gasteiger charge is -2.22. The zero-order chi connectivity index (χ0) is 20.9. The maximum atomic E-state index is 12.8. The summed E-state index contributed by atoms with van der Waals surface area (Å²) in [7, 11) is 0. The second kappa shape index (κ2) is 9.60. The van der Waals surface area contributed by atoms with Gasteiger partial charge in [0.05, 0.1) is 6.61 Å². The molecule has 1 aromatic heterocycles. The molecule has 2 aliphatic rings. The van der Waals surface area contributed by atoms with Crippen LogP contribution >= 0.6 is 0 Å². The van der Waals surface area contributed by atoms with E-state index < -0.39 is 0 Å². The average Bonchev–Trinajstić information content (AvgIpc) is 3.49. The molecule has 2 heterocycles. The van der Waals surface area contributed by atoms with Crippen LogP contribution in [0.2, 0.25) is 0 Å². The maximum Gasteiger partial charge on any atom is 0.322 e. The van der Waals surface area contributed by atoms with Crippen molar-refractivity contribution < 1.29 is 14.1 Å². The highest BCUT2D eigenvalue weighted by molar-refractivity contribution is 5.89. The number of carbonyl (C=O) groups excluding carboxylic acids is 1. The fourth-order valence-corrected chi connectivity index (χ4v) is 4.38. The number of carbonyl (C=O) groups is 1. The summed E-state index contributed by atoms with van der Waals surface area (Å²) >= 11 is 0. The van der Waals surface area contributed by atoms with Crippen molar-refractivity contribution in [3.05, 3.63) is 41.0 Å². The highest BCUT2D eigenvalue weighted by atomic mass is 16.5. The van der Waals surface area contributed by atoms with Gasteiger partial charge in [0.2, 0.25) is 5.89 Å². The topological polar surface area (TPSA) is 80.5 Å². The van der Waals surface area contributed by atoms with Crippen molar-refractivity contribution in [2.45, 2.75) is 64.8 Å². The van der Waals surface area contributed by atoms with Gasteiger partial charge in [-0.25, -0.2) is 4.79 Å². The number of nitrogens with zero attached hydrogens (tertiary/aromatic N) is 3. The van der Waals surface area contributed by atoms with E-state index in [1.54, 1.807) is 4.90 Å². The van der Waals surface area contributed by atoms with Crippen molar-refractivity contribution in [3.63, 3.8) is 0 Å². The molecule has 30 heavy (non-hydrogen) atoms. The van der Waals surface area contributed by atoms with Gasteiger partial charge in [0.1, 0.15) is 6.04 Å². The zero-order valence-corrected chi connectivity index (χ0v) is 18.0. The minimum Gasteiger partial charge on any atom is -0.381 e. The van der Waals surface area contributed by atoms with Gasteiger partial charge in [-0.2, -0.15) is 4.98 Å². The van der Waals surface area contributed by atoms with Gasteiger partial charge in [-0.15, -0.1) is 0 Å². The van der Waals surface area contributed by atoms with Crippen LogP contribution in [0.3, 0.4) is 0 Å². The van der Waals surface area contributed by atoms with Gasteiger partial charge < -0.3 is 19.5 Å².